The minimum absolute atomic E-state index is 0.0231. The number of ether oxygens (including phenoxy) is 1. The van der Waals surface area contributed by atoms with E-state index in [1.807, 2.05) is 29.6 Å². The summed E-state index contributed by atoms with van der Waals surface area (Å²) in [5, 5.41) is 2.72. The second-order valence-corrected chi connectivity index (χ2v) is 8.18. The van der Waals surface area contributed by atoms with Crippen LogP contribution in [0.2, 0.25) is 0 Å². The smallest absolute Gasteiger partial charge is 0.273 e. The van der Waals surface area contributed by atoms with Crippen molar-refractivity contribution in [3.63, 3.8) is 0 Å². The Balaban J connectivity index is 1.50. The fourth-order valence-electron chi connectivity index (χ4n) is 3.53. The van der Waals surface area contributed by atoms with Crippen molar-refractivity contribution < 1.29 is 13.9 Å². The monoisotopic (exact) mass is 410 g/mol. The topological polar surface area (TPSA) is 42.4 Å². The highest BCUT2D eigenvalue weighted by molar-refractivity contribution is 7.09. The van der Waals surface area contributed by atoms with Crippen LogP contribution in [0.1, 0.15) is 39.5 Å². The second-order valence-electron chi connectivity index (χ2n) is 7.24. The lowest BCUT2D eigenvalue weighted by molar-refractivity contribution is 0.0503. The molecule has 0 bridgehead atoms. The molecule has 150 valence electrons. The highest BCUT2D eigenvalue weighted by Crippen LogP contribution is 2.20. The number of amides is 1. The first kappa shape index (κ1) is 19.7. The van der Waals surface area contributed by atoms with Crippen LogP contribution in [0.25, 0.3) is 0 Å². The van der Waals surface area contributed by atoms with Gasteiger partial charge in [-0.05, 0) is 36.1 Å². The number of hydrogen-bond acceptors (Lipinski definition) is 4. The van der Waals surface area contributed by atoms with Gasteiger partial charge < -0.3 is 9.64 Å². The van der Waals surface area contributed by atoms with Crippen molar-refractivity contribution in [2.75, 3.05) is 13.2 Å². The molecule has 1 unspecified atom stereocenters. The van der Waals surface area contributed by atoms with E-state index in [2.05, 4.69) is 17.1 Å². The van der Waals surface area contributed by atoms with Crippen LogP contribution in [0.5, 0.6) is 0 Å². The molecule has 0 spiro atoms. The van der Waals surface area contributed by atoms with E-state index in [9.17, 15) is 9.18 Å². The number of carbonyl (C=O) groups is 1. The van der Waals surface area contributed by atoms with Gasteiger partial charge in [0.05, 0.1) is 11.1 Å². The number of benzene rings is 2. The number of nitrogens with zero attached hydrogens (tertiary/aromatic N) is 2. The lowest BCUT2D eigenvalue weighted by atomic mass is 10.1. The molecule has 0 saturated carbocycles. The summed E-state index contributed by atoms with van der Waals surface area (Å²) in [5.74, 6) is -0.439. The van der Waals surface area contributed by atoms with Crippen molar-refractivity contribution in [2.24, 2.45) is 0 Å². The number of aromatic nitrogens is 1. The third-order valence-corrected chi connectivity index (χ3v) is 5.82. The van der Waals surface area contributed by atoms with Crippen LogP contribution in [-0.2, 0) is 17.7 Å². The van der Waals surface area contributed by atoms with E-state index < -0.39 is 0 Å². The molecule has 1 saturated heterocycles. The number of hydrogen-bond donors (Lipinski definition) is 0. The molecule has 3 aromatic rings. The van der Waals surface area contributed by atoms with E-state index in [1.165, 1.54) is 23.5 Å². The van der Waals surface area contributed by atoms with Crippen LogP contribution in [0.15, 0.2) is 60.0 Å². The van der Waals surface area contributed by atoms with Crippen LogP contribution >= 0.6 is 11.3 Å². The predicted molar refractivity (Wildman–Crippen MR) is 111 cm³/mol. The van der Waals surface area contributed by atoms with Crippen molar-refractivity contribution in [1.82, 2.24) is 9.88 Å². The van der Waals surface area contributed by atoms with Gasteiger partial charge in [-0.25, -0.2) is 9.37 Å². The van der Waals surface area contributed by atoms with Crippen LogP contribution in [-0.4, -0.2) is 35.0 Å². The van der Waals surface area contributed by atoms with Crippen molar-refractivity contribution in [3.05, 3.63) is 87.6 Å². The molecule has 0 radical (unpaired) electrons. The lowest BCUT2D eigenvalue weighted by Crippen LogP contribution is -2.37. The molecule has 2 aromatic carbocycles. The van der Waals surface area contributed by atoms with Crippen molar-refractivity contribution >= 4 is 17.2 Å². The minimum Gasteiger partial charge on any atom is -0.376 e. The minimum atomic E-state index is -0.300. The molecule has 1 amide bonds. The summed E-state index contributed by atoms with van der Waals surface area (Å²) in [5.41, 5.74) is 2.36. The quantitative estimate of drug-likeness (QED) is 0.567. The van der Waals surface area contributed by atoms with E-state index in [0.29, 0.717) is 25.2 Å². The number of halogens is 1. The number of thiazole rings is 1. The maximum Gasteiger partial charge on any atom is 0.273 e. The molecule has 1 aromatic heterocycles. The number of carbonyl (C=O) groups excluding carboxylic acids is 1. The molecular weight excluding hydrogens is 387 g/mol. The molecule has 4 rings (SSSR count). The van der Waals surface area contributed by atoms with E-state index in [4.69, 9.17) is 4.74 Å². The molecular formula is C23H23FN2O2S. The van der Waals surface area contributed by atoms with Crippen LogP contribution in [0.3, 0.4) is 0 Å². The summed E-state index contributed by atoms with van der Waals surface area (Å²) in [6, 6.07) is 16.5. The lowest BCUT2D eigenvalue weighted by Gasteiger charge is -2.25. The highest BCUT2D eigenvalue weighted by Gasteiger charge is 2.25. The Morgan fingerprint density at radius 1 is 1.17 bits per heavy atom. The average Bonchev–Trinajstić information content (AvgIpc) is 3.40. The van der Waals surface area contributed by atoms with Crippen molar-refractivity contribution in [1.29, 1.82) is 0 Å². The summed E-state index contributed by atoms with van der Waals surface area (Å²) >= 11 is 1.49. The zero-order valence-electron chi connectivity index (χ0n) is 16.1. The zero-order valence-corrected chi connectivity index (χ0v) is 16.9. The summed E-state index contributed by atoms with van der Waals surface area (Å²) in [7, 11) is 0. The van der Waals surface area contributed by atoms with Gasteiger partial charge in [0.2, 0.25) is 0 Å². The van der Waals surface area contributed by atoms with Gasteiger partial charge in [0.1, 0.15) is 11.5 Å². The molecule has 4 nitrogen and oxygen atoms in total. The van der Waals surface area contributed by atoms with E-state index in [0.717, 1.165) is 35.6 Å². The molecule has 6 heteroatoms. The second kappa shape index (κ2) is 9.29. The highest BCUT2D eigenvalue weighted by atomic mass is 32.1. The fourth-order valence-corrected chi connectivity index (χ4v) is 4.33. The summed E-state index contributed by atoms with van der Waals surface area (Å²) in [6.07, 6.45) is 2.66. The van der Waals surface area contributed by atoms with Gasteiger partial charge in [0.25, 0.3) is 5.91 Å². The Hall–Kier alpha value is -2.57. The maximum atomic E-state index is 13.6. The van der Waals surface area contributed by atoms with Gasteiger partial charge in [0, 0.05) is 31.5 Å². The van der Waals surface area contributed by atoms with E-state index in [1.54, 1.807) is 11.0 Å². The normalized spacial score (nSPS) is 16.1. The Kier molecular flexibility index (Phi) is 6.32. The van der Waals surface area contributed by atoms with E-state index in [-0.39, 0.29) is 17.8 Å². The van der Waals surface area contributed by atoms with Crippen LogP contribution in [0, 0.1) is 5.82 Å². The Labute approximate surface area is 174 Å². The maximum absolute atomic E-state index is 13.6. The van der Waals surface area contributed by atoms with Crippen LogP contribution < -0.4 is 0 Å². The van der Waals surface area contributed by atoms with Crippen LogP contribution in [0.4, 0.5) is 4.39 Å². The SMILES string of the molecule is O=C(c1csc(Cc2ccccc2)n1)N(Cc1cccc(F)c1)CC1CCCO1. The zero-order chi connectivity index (χ0) is 20.1. The molecule has 1 aliphatic heterocycles. The molecule has 2 heterocycles. The fraction of sp³-hybridized carbons (Fsp3) is 0.304. The third-order valence-electron chi connectivity index (χ3n) is 4.97. The molecule has 0 N–H and O–H groups in total. The van der Waals surface area contributed by atoms with Gasteiger partial charge in [-0.2, -0.15) is 0 Å². The first-order valence-corrected chi connectivity index (χ1v) is 10.7. The average molecular weight is 411 g/mol. The van der Waals surface area contributed by atoms with Gasteiger partial charge in [-0.1, -0.05) is 42.5 Å². The Bertz CT molecular complexity index is 954. The van der Waals surface area contributed by atoms with Crippen molar-refractivity contribution in [2.45, 2.75) is 31.9 Å². The summed E-state index contributed by atoms with van der Waals surface area (Å²) in [6.45, 7) is 1.55. The Morgan fingerprint density at radius 3 is 2.76 bits per heavy atom. The summed E-state index contributed by atoms with van der Waals surface area (Å²) in [4.78, 5) is 19.5. The molecule has 1 fully saturated rings. The molecule has 1 atom stereocenters. The Morgan fingerprint density at radius 2 is 2.00 bits per heavy atom. The standard InChI is InChI=1S/C23H23FN2O2S/c24-19-9-4-8-18(12-19)14-26(15-20-10-5-11-28-20)23(27)21-16-29-22(25-21)13-17-6-2-1-3-7-17/h1-4,6-9,12,16,20H,5,10-11,13-15H2. The first-order valence-electron chi connectivity index (χ1n) is 9.81. The summed E-state index contributed by atoms with van der Waals surface area (Å²) < 4.78 is 19.3. The third kappa shape index (κ3) is 5.28. The van der Waals surface area contributed by atoms with Gasteiger partial charge in [-0.3, -0.25) is 4.79 Å². The first-order chi connectivity index (χ1) is 14.2. The predicted octanol–water partition coefficient (Wildman–Crippen LogP) is 4.69. The van der Waals surface area contributed by atoms with Gasteiger partial charge in [0.15, 0.2) is 0 Å². The molecule has 0 aliphatic carbocycles. The molecule has 1 aliphatic rings. The van der Waals surface area contributed by atoms with Gasteiger partial charge >= 0.3 is 0 Å². The van der Waals surface area contributed by atoms with Gasteiger partial charge in [-0.15, -0.1) is 11.3 Å². The number of rotatable bonds is 7. The van der Waals surface area contributed by atoms with Crippen molar-refractivity contribution in [3.8, 4) is 0 Å². The largest absolute Gasteiger partial charge is 0.376 e. The molecule has 29 heavy (non-hydrogen) atoms. The van der Waals surface area contributed by atoms with E-state index >= 15 is 0 Å².